The fourth-order valence-electron chi connectivity index (χ4n) is 3.06. The number of benzene rings is 1. The largest absolute Gasteiger partial charge is 0.497 e. The number of aliphatic hydroxyl groups is 1. The van der Waals surface area contributed by atoms with E-state index in [-0.39, 0.29) is 24.5 Å². The van der Waals surface area contributed by atoms with E-state index in [9.17, 15) is 9.90 Å². The molecular weight excluding hydrogens is 266 g/mol. The van der Waals surface area contributed by atoms with Gasteiger partial charge in [0.05, 0.1) is 7.11 Å². The maximum Gasteiger partial charge on any atom is 0.251 e. The number of hydrogen-bond acceptors (Lipinski definition) is 3. The molecule has 1 aliphatic carbocycles. The van der Waals surface area contributed by atoms with E-state index in [4.69, 9.17) is 4.74 Å². The maximum absolute atomic E-state index is 12.5. The summed E-state index contributed by atoms with van der Waals surface area (Å²) < 4.78 is 5.17. The van der Waals surface area contributed by atoms with Crippen molar-refractivity contribution in [3.8, 4) is 5.75 Å². The lowest BCUT2D eigenvalue weighted by atomic mass is 9.95. The molecule has 2 atom stereocenters. The first-order valence-electron chi connectivity index (χ1n) is 7.72. The molecule has 0 aliphatic heterocycles. The average molecular weight is 291 g/mol. The molecule has 0 aromatic heterocycles. The summed E-state index contributed by atoms with van der Waals surface area (Å²) >= 11 is 0. The molecule has 1 saturated carbocycles. The molecule has 0 spiro atoms. The smallest absolute Gasteiger partial charge is 0.251 e. The minimum atomic E-state index is -0.0551. The van der Waals surface area contributed by atoms with Crippen LogP contribution in [-0.2, 0) is 0 Å². The molecule has 4 heteroatoms. The summed E-state index contributed by atoms with van der Waals surface area (Å²) in [5, 5.41) is 12.6. The first kappa shape index (κ1) is 15.8. The molecule has 0 heterocycles. The second-order valence-corrected chi connectivity index (χ2v) is 5.84. The van der Waals surface area contributed by atoms with Gasteiger partial charge < -0.3 is 15.2 Å². The van der Waals surface area contributed by atoms with Crippen LogP contribution in [0.4, 0.5) is 0 Å². The molecule has 1 fully saturated rings. The second kappa shape index (κ2) is 7.46. The van der Waals surface area contributed by atoms with Gasteiger partial charge in [-0.3, -0.25) is 4.79 Å². The highest BCUT2D eigenvalue weighted by Gasteiger charge is 2.25. The molecule has 21 heavy (non-hydrogen) atoms. The van der Waals surface area contributed by atoms with Crippen LogP contribution in [0.15, 0.2) is 18.2 Å². The molecule has 4 nitrogen and oxygen atoms in total. The predicted molar refractivity (Wildman–Crippen MR) is 82.6 cm³/mol. The van der Waals surface area contributed by atoms with Gasteiger partial charge in [0.25, 0.3) is 5.91 Å². The van der Waals surface area contributed by atoms with Crippen molar-refractivity contribution in [2.24, 2.45) is 5.92 Å². The van der Waals surface area contributed by atoms with Crippen LogP contribution in [0, 0.1) is 12.8 Å². The Morgan fingerprint density at radius 3 is 2.76 bits per heavy atom. The quantitative estimate of drug-likeness (QED) is 0.839. The zero-order valence-electron chi connectivity index (χ0n) is 12.9. The molecule has 2 unspecified atom stereocenters. The molecule has 1 aliphatic rings. The van der Waals surface area contributed by atoms with Crippen molar-refractivity contribution in [2.45, 2.75) is 45.1 Å². The zero-order valence-corrected chi connectivity index (χ0v) is 12.9. The third-order valence-electron chi connectivity index (χ3n) is 4.39. The van der Waals surface area contributed by atoms with E-state index in [2.05, 4.69) is 5.32 Å². The van der Waals surface area contributed by atoms with Crippen molar-refractivity contribution < 1.29 is 14.6 Å². The zero-order chi connectivity index (χ0) is 15.2. The van der Waals surface area contributed by atoms with Crippen LogP contribution in [0.3, 0.4) is 0 Å². The number of aliphatic hydroxyl groups excluding tert-OH is 1. The summed E-state index contributed by atoms with van der Waals surface area (Å²) in [5.41, 5.74) is 1.58. The molecule has 1 aromatic carbocycles. The van der Waals surface area contributed by atoms with E-state index in [0.29, 0.717) is 5.56 Å². The summed E-state index contributed by atoms with van der Waals surface area (Å²) in [4.78, 5) is 12.5. The number of carbonyl (C=O) groups excluding carboxylic acids is 1. The predicted octanol–water partition coefficient (Wildman–Crippen LogP) is 2.67. The minimum Gasteiger partial charge on any atom is -0.497 e. The number of carbonyl (C=O) groups is 1. The van der Waals surface area contributed by atoms with E-state index < -0.39 is 0 Å². The highest BCUT2D eigenvalue weighted by Crippen LogP contribution is 2.24. The Morgan fingerprint density at radius 2 is 2.10 bits per heavy atom. The van der Waals surface area contributed by atoms with Gasteiger partial charge in [-0.2, -0.15) is 0 Å². The van der Waals surface area contributed by atoms with Gasteiger partial charge in [-0.15, -0.1) is 0 Å². The standard InChI is InChI=1S/C17H25NO3/c1-12-10-14(21-2)8-9-15(12)17(20)18-16-7-5-3-4-6-13(16)11-19/h8-10,13,16,19H,3-7,11H2,1-2H3,(H,18,20). The SMILES string of the molecule is COc1ccc(C(=O)NC2CCCCCC2CO)c(C)c1. The van der Waals surface area contributed by atoms with Gasteiger partial charge in [0.2, 0.25) is 0 Å². The average Bonchev–Trinajstić information content (AvgIpc) is 2.71. The highest BCUT2D eigenvalue weighted by atomic mass is 16.5. The molecule has 0 bridgehead atoms. The van der Waals surface area contributed by atoms with Crippen molar-refractivity contribution >= 4 is 5.91 Å². The Hall–Kier alpha value is -1.55. The summed E-state index contributed by atoms with van der Waals surface area (Å²) in [7, 11) is 1.62. The maximum atomic E-state index is 12.5. The van der Waals surface area contributed by atoms with Crippen LogP contribution in [-0.4, -0.2) is 30.8 Å². The molecule has 1 amide bonds. The number of aryl methyl sites for hydroxylation is 1. The fourth-order valence-corrected chi connectivity index (χ4v) is 3.06. The summed E-state index contributed by atoms with van der Waals surface area (Å²) in [6.07, 6.45) is 5.38. The lowest BCUT2D eigenvalue weighted by molar-refractivity contribution is 0.0899. The normalized spacial score (nSPS) is 22.4. The Kier molecular flexibility index (Phi) is 5.62. The van der Waals surface area contributed by atoms with Crippen molar-refractivity contribution in [2.75, 3.05) is 13.7 Å². The minimum absolute atomic E-state index is 0.0551. The molecule has 0 radical (unpaired) electrons. The Labute approximate surface area is 126 Å². The molecule has 2 N–H and O–H groups in total. The van der Waals surface area contributed by atoms with Crippen molar-refractivity contribution in [3.05, 3.63) is 29.3 Å². The van der Waals surface area contributed by atoms with E-state index in [0.717, 1.165) is 37.0 Å². The monoisotopic (exact) mass is 291 g/mol. The van der Waals surface area contributed by atoms with Gasteiger partial charge in [-0.1, -0.05) is 19.3 Å². The first-order valence-corrected chi connectivity index (χ1v) is 7.72. The third-order valence-corrected chi connectivity index (χ3v) is 4.39. The van der Waals surface area contributed by atoms with Gasteiger partial charge in [-0.25, -0.2) is 0 Å². The topological polar surface area (TPSA) is 58.6 Å². The summed E-state index contributed by atoms with van der Waals surface area (Å²) in [6, 6.07) is 5.55. The van der Waals surface area contributed by atoms with Crippen LogP contribution in [0.25, 0.3) is 0 Å². The van der Waals surface area contributed by atoms with Crippen molar-refractivity contribution in [3.63, 3.8) is 0 Å². The molecule has 2 rings (SSSR count). The Bertz CT molecular complexity index is 487. The van der Waals surface area contributed by atoms with Crippen molar-refractivity contribution in [1.82, 2.24) is 5.32 Å². The Morgan fingerprint density at radius 1 is 1.33 bits per heavy atom. The molecule has 1 aromatic rings. The summed E-state index contributed by atoms with van der Waals surface area (Å²) in [6.45, 7) is 2.06. The Balaban J connectivity index is 2.09. The van der Waals surface area contributed by atoms with Crippen LogP contribution in [0.5, 0.6) is 5.75 Å². The number of ether oxygens (including phenoxy) is 1. The molecule has 0 saturated heterocycles. The highest BCUT2D eigenvalue weighted by molar-refractivity contribution is 5.96. The number of rotatable bonds is 4. The third kappa shape index (κ3) is 3.97. The van der Waals surface area contributed by atoms with E-state index in [1.54, 1.807) is 19.2 Å². The lowest BCUT2D eigenvalue weighted by Gasteiger charge is -2.25. The first-order chi connectivity index (χ1) is 10.2. The van der Waals surface area contributed by atoms with E-state index >= 15 is 0 Å². The molecule has 116 valence electrons. The van der Waals surface area contributed by atoms with Crippen LogP contribution >= 0.6 is 0 Å². The van der Waals surface area contributed by atoms with Gasteiger partial charge in [0, 0.05) is 24.1 Å². The van der Waals surface area contributed by atoms with Gasteiger partial charge in [0.1, 0.15) is 5.75 Å². The molecular formula is C17H25NO3. The van der Waals surface area contributed by atoms with Gasteiger partial charge in [-0.05, 0) is 43.5 Å². The van der Waals surface area contributed by atoms with Crippen LogP contribution < -0.4 is 10.1 Å². The number of amides is 1. The van der Waals surface area contributed by atoms with Crippen molar-refractivity contribution in [1.29, 1.82) is 0 Å². The number of hydrogen-bond donors (Lipinski definition) is 2. The van der Waals surface area contributed by atoms with E-state index in [1.807, 2.05) is 13.0 Å². The van der Waals surface area contributed by atoms with E-state index in [1.165, 1.54) is 6.42 Å². The van der Waals surface area contributed by atoms with Gasteiger partial charge in [0.15, 0.2) is 0 Å². The van der Waals surface area contributed by atoms with Crippen LogP contribution in [0.1, 0.15) is 48.0 Å². The summed E-state index contributed by atoms with van der Waals surface area (Å²) in [5.74, 6) is 0.877. The second-order valence-electron chi connectivity index (χ2n) is 5.84. The number of nitrogens with one attached hydrogen (secondary N) is 1. The number of methoxy groups -OCH3 is 1. The van der Waals surface area contributed by atoms with Gasteiger partial charge >= 0.3 is 0 Å². The van der Waals surface area contributed by atoms with Crippen LogP contribution in [0.2, 0.25) is 0 Å². The fraction of sp³-hybridized carbons (Fsp3) is 0.588. The lowest BCUT2D eigenvalue weighted by Crippen LogP contribution is -2.41.